The molecule has 0 saturated carbocycles. The van der Waals surface area contributed by atoms with Crippen molar-refractivity contribution in [3.63, 3.8) is 0 Å². The van der Waals surface area contributed by atoms with Crippen LogP contribution in [0, 0.1) is 0 Å². The number of carboxylic acid groups (broad SMARTS) is 1. The molecular weight excluding hydrogens is 272 g/mol. The number of benzene rings is 1. The van der Waals surface area contributed by atoms with Crippen molar-refractivity contribution in [2.75, 3.05) is 6.61 Å². The predicted molar refractivity (Wildman–Crippen MR) is 75.8 cm³/mol. The Balaban J connectivity index is 1.89. The quantitative estimate of drug-likeness (QED) is 0.775. The van der Waals surface area contributed by atoms with E-state index in [1.807, 2.05) is 31.2 Å². The fraction of sp³-hybridized carbons (Fsp3) is 0.333. The standard InChI is InChI=1S/C15H18N2O4/c1-2-20-10-12-6-4-3-5-11(12)8-16-9-13-7-14(15(18)19)17-21-13/h3-7,16H,2,8-10H2,1H3,(H,18,19). The number of ether oxygens (including phenoxy) is 1. The van der Waals surface area contributed by atoms with Crippen LogP contribution >= 0.6 is 0 Å². The minimum Gasteiger partial charge on any atom is -0.476 e. The molecule has 6 nitrogen and oxygen atoms in total. The molecule has 0 aliphatic rings. The van der Waals surface area contributed by atoms with Gasteiger partial charge in [-0.1, -0.05) is 29.4 Å². The van der Waals surface area contributed by atoms with Crippen LogP contribution in [0.3, 0.4) is 0 Å². The van der Waals surface area contributed by atoms with Crippen molar-refractivity contribution < 1.29 is 19.2 Å². The van der Waals surface area contributed by atoms with Crippen LogP contribution in [0.5, 0.6) is 0 Å². The summed E-state index contributed by atoms with van der Waals surface area (Å²) in [6.45, 7) is 4.29. The molecule has 1 aromatic carbocycles. The van der Waals surface area contributed by atoms with E-state index < -0.39 is 5.97 Å². The van der Waals surface area contributed by atoms with Crippen molar-refractivity contribution in [3.8, 4) is 0 Å². The third kappa shape index (κ3) is 4.40. The molecule has 112 valence electrons. The van der Waals surface area contributed by atoms with Gasteiger partial charge in [0, 0.05) is 19.2 Å². The van der Waals surface area contributed by atoms with E-state index in [1.165, 1.54) is 6.07 Å². The monoisotopic (exact) mass is 290 g/mol. The number of nitrogens with zero attached hydrogens (tertiary/aromatic N) is 1. The summed E-state index contributed by atoms with van der Waals surface area (Å²) in [6.07, 6.45) is 0. The molecule has 1 heterocycles. The van der Waals surface area contributed by atoms with E-state index >= 15 is 0 Å². The molecule has 0 spiro atoms. The summed E-state index contributed by atoms with van der Waals surface area (Å²) in [5.41, 5.74) is 2.20. The van der Waals surface area contributed by atoms with Crippen LogP contribution < -0.4 is 5.32 Å². The second kappa shape index (κ2) is 7.56. The van der Waals surface area contributed by atoms with Crippen LogP contribution in [0.25, 0.3) is 0 Å². The zero-order valence-corrected chi connectivity index (χ0v) is 11.8. The molecule has 0 saturated heterocycles. The van der Waals surface area contributed by atoms with Crippen LogP contribution in [0.15, 0.2) is 34.9 Å². The lowest BCUT2D eigenvalue weighted by Crippen LogP contribution is -2.14. The number of hydrogen-bond acceptors (Lipinski definition) is 5. The van der Waals surface area contributed by atoms with Gasteiger partial charge in [0.1, 0.15) is 0 Å². The normalized spacial score (nSPS) is 10.7. The van der Waals surface area contributed by atoms with E-state index in [0.717, 1.165) is 11.1 Å². The van der Waals surface area contributed by atoms with E-state index in [-0.39, 0.29) is 5.69 Å². The van der Waals surface area contributed by atoms with Gasteiger partial charge in [-0.05, 0) is 18.1 Å². The van der Waals surface area contributed by atoms with Crippen molar-refractivity contribution in [1.29, 1.82) is 0 Å². The summed E-state index contributed by atoms with van der Waals surface area (Å²) in [5.74, 6) is -0.596. The highest BCUT2D eigenvalue weighted by atomic mass is 16.5. The summed E-state index contributed by atoms with van der Waals surface area (Å²) in [4.78, 5) is 10.7. The average molecular weight is 290 g/mol. The third-order valence-corrected chi connectivity index (χ3v) is 2.97. The second-order valence-corrected chi connectivity index (χ2v) is 4.49. The Morgan fingerprint density at radius 3 is 2.76 bits per heavy atom. The number of rotatable bonds is 8. The summed E-state index contributed by atoms with van der Waals surface area (Å²) >= 11 is 0. The highest BCUT2D eigenvalue weighted by molar-refractivity contribution is 5.85. The summed E-state index contributed by atoms with van der Waals surface area (Å²) in [7, 11) is 0. The van der Waals surface area contributed by atoms with E-state index in [9.17, 15) is 4.79 Å². The van der Waals surface area contributed by atoms with E-state index in [4.69, 9.17) is 14.4 Å². The smallest absolute Gasteiger partial charge is 0.358 e. The minimum absolute atomic E-state index is 0.0801. The molecule has 2 N–H and O–H groups in total. The van der Waals surface area contributed by atoms with Gasteiger partial charge >= 0.3 is 5.97 Å². The predicted octanol–water partition coefficient (Wildman–Crippen LogP) is 2.20. The fourth-order valence-corrected chi connectivity index (χ4v) is 1.90. The first-order valence-corrected chi connectivity index (χ1v) is 6.74. The highest BCUT2D eigenvalue weighted by Gasteiger charge is 2.10. The molecular formula is C15H18N2O4. The first kappa shape index (κ1) is 15.2. The molecule has 0 aliphatic carbocycles. The van der Waals surface area contributed by atoms with Gasteiger partial charge in [-0.2, -0.15) is 0 Å². The Bertz CT molecular complexity index is 595. The number of hydrogen-bond donors (Lipinski definition) is 2. The molecule has 0 unspecified atom stereocenters. The molecule has 0 radical (unpaired) electrons. The number of carboxylic acids is 1. The molecule has 0 atom stereocenters. The molecule has 0 bridgehead atoms. The van der Waals surface area contributed by atoms with Gasteiger partial charge in [0.2, 0.25) is 0 Å². The maximum absolute atomic E-state index is 10.7. The van der Waals surface area contributed by atoms with Crippen molar-refractivity contribution in [2.24, 2.45) is 0 Å². The second-order valence-electron chi connectivity index (χ2n) is 4.49. The molecule has 0 fully saturated rings. The van der Waals surface area contributed by atoms with Crippen molar-refractivity contribution >= 4 is 5.97 Å². The maximum atomic E-state index is 10.7. The number of aromatic carboxylic acids is 1. The third-order valence-electron chi connectivity index (χ3n) is 2.97. The molecule has 0 amide bonds. The van der Waals surface area contributed by atoms with Gasteiger partial charge in [0.15, 0.2) is 11.5 Å². The Morgan fingerprint density at radius 2 is 2.10 bits per heavy atom. The van der Waals surface area contributed by atoms with Crippen molar-refractivity contribution in [3.05, 3.63) is 52.9 Å². The van der Waals surface area contributed by atoms with Crippen LogP contribution in [-0.4, -0.2) is 22.8 Å². The number of carbonyl (C=O) groups is 1. The fourth-order valence-electron chi connectivity index (χ4n) is 1.90. The lowest BCUT2D eigenvalue weighted by atomic mass is 10.1. The molecule has 2 aromatic rings. The summed E-state index contributed by atoms with van der Waals surface area (Å²) in [5, 5.41) is 15.4. The largest absolute Gasteiger partial charge is 0.476 e. The highest BCUT2D eigenvalue weighted by Crippen LogP contribution is 2.10. The van der Waals surface area contributed by atoms with Crippen LogP contribution in [0.4, 0.5) is 0 Å². The molecule has 1 aromatic heterocycles. The van der Waals surface area contributed by atoms with Gasteiger partial charge in [-0.15, -0.1) is 0 Å². The van der Waals surface area contributed by atoms with E-state index in [0.29, 0.717) is 32.1 Å². The molecule has 2 rings (SSSR count). The lowest BCUT2D eigenvalue weighted by molar-refractivity contribution is 0.0685. The first-order chi connectivity index (χ1) is 10.2. The van der Waals surface area contributed by atoms with Gasteiger partial charge in [-0.25, -0.2) is 4.79 Å². The van der Waals surface area contributed by atoms with E-state index in [2.05, 4.69) is 10.5 Å². The summed E-state index contributed by atoms with van der Waals surface area (Å²) < 4.78 is 10.4. The Labute approximate surface area is 122 Å². The van der Waals surface area contributed by atoms with Crippen LogP contribution in [-0.2, 0) is 24.4 Å². The Morgan fingerprint density at radius 1 is 1.33 bits per heavy atom. The SMILES string of the molecule is CCOCc1ccccc1CNCc1cc(C(=O)O)no1. The molecule has 6 heteroatoms. The van der Waals surface area contributed by atoms with Gasteiger partial charge in [0.05, 0.1) is 13.2 Å². The maximum Gasteiger partial charge on any atom is 0.358 e. The van der Waals surface area contributed by atoms with Gasteiger partial charge in [-0.3, -0.25) is 0 Å². The van der Waals surface area contributed by atoms with E-state index in [1.54, 1.807) is 0 Å². The Kier molecular flexibility index (Phi) is 5.48. The minimum atomic E-state index is -1.09. The zero-order valence-electron chi connectivity index (χ0n) is 11.8. The number of aromatic nitrogens is 1. The van der Waals surface area contributed by atoms with Crippen LogP contribution in [0.2, 0.25) is 0 Å². The summed E-state index contributed by atoms with van der Waals surface area (Å²) in [6, 6.07) is 9.44. The molecule has 0 aliphatic heterocycles. The van der Waals surface area contributed by atoms with Crippen molar-refractivity contribution in [2.45, 2.75) is 26.6 Å². The first-order valence-electron chi connectivity index (χ1n) is 6.74. The lowest BCUT2D eigenvalue weighted by Gasteiger charge is -2.09. The van der Waals surface area contributed by atoms with Crippen LogP contribution in [0.1, 0.15) is 34.3 Å². The number of nitrogens with one attached hydrogen (secondary N) is 1. The Hall–Kier alpha value is -2.18. The van der Waals surface area contributed by atoms with Gasteiger partial charge < -0.3 is 19.7 Å². The molecule has 21 heavy (non-hydrogen) atoms. The van der Waals surface area contributed by atoms with Crippen molar-refractivity contribution in [1.82, 2.24) is 10.5 Å². The zero-order chi connectivity index (χ0) is 15.1. The topological polar surface area (TPSA) is 84.6 Å². The average Bonchev–Trinajstić information content (AvgIpc) is 2.95. The van der Waals surface area contributed by atoms with Gasteiger partial charge in [0.25, 0.3) is 0 Å².